The van der Waals surface area contributed by atoms with Crippen molar-refractivity contribution >= 4 is 23.8 Å². The van der Waals surface area contributed by atoms with Crippen LogP contribution >= 0.6 is 0 Å². The van der Waals surface area contributed by atoms with Crippen molar-refractivity contribution in [3.05, 3.63) is 63.7 Å². The number of amides is 1. The summed E-state index contributed by atoms with van der Waals surface area (Å²) in [5, 5.41) is 56.4. The Hall–Kier alpha value is -5.79. The monoisotopic (exact) mass is 879 g/mol. The summed E-state index contributed by atoms with van der Waals surface area (Å²) in [6, 6.07) is 16.1. The fourth-order valence-electron chi connectivity index (χ4n) is 7.13. The molecule has 0 aliphatic carbocycles. The van der Waals surface area contributed by atoms with Gasteiger partial charge >= 0.3 is 17.9 Å². The second kappa shape index (κ2) is 25.9. The number of nitrogens with zero attached hydrogens (tertiary/aromatic N) is 4. The number of nitrogens with one attached hydrogen (secondary N) is 1. The molecule has 0 spiro atoms. The zero-order chi connectivity index (χ0) is 45.9. The quantitative estimate of drug-likeness (QED) is 0.0746. The van der Waals surface area contributed by atoms with E-state index < -0.39 is 59.1 Å². The molecule has 0 radical (unpaired) electrons. The third-order valence-electron chi connectivity index (χ3n) is 10.5. The number of benzene rings is 2. The van der Waals surface area contributed by atoms with Crippen molar-refractivity contribution in [3.8, 4) is 23.3 Å². The predicted octanol–water partition coefficient (Wildman–Crippen LogP) is 2.35. The molecule has 1 fully saturated rings. The number of para-hydroxylation sites is 1. The van der Waals surface area contributed by atoms with E-state index in [0.29, 0.717) is 49.6 Å². The maximum atomic E-state index is 12.2. The summed E-state index contributed by atoms with van der Waals surface area (Å²) in [7, 11) is 6.71. The van der Waals surface area contributed by atoms with Gasteiger partial charge in [-0.3, -0.25) is 19.8 Å². The minimum Gasteiger partial charge on any atom is -0.493 e. The van der Waals surface area contributed by atoms with Crippen LogP contribution < -0.4 is 19.6 Å². The number of aliphatic hydroxyl groups is 1. The number of piperidine rings is 1. The molecule has 4 unspecified atom stereocenters. The Morgan fingerprint density at radius 1 is 1.00 bits per heavy atom. The summed E-state index contributed by atoms with van der Waals surface area (Å²) in [4.78, 5) is 61.0. The summed E-state index contributed by atoms with van der Waals surface area (Å²) in [5.74, 6) is -3.56. The number of rotatable bonds is 24. The zero-order valence-electron chi connectivity index (χ0n) is 36.2. The van der Waals surface area contributed by atoms with Crippen LogP contribution in [0.1, 0.15) is 64.0 Å². The van der Waals surface area contributed by atoms with Crippen molar-refractivity contribution in [1.29, 1.82) is 5.26 Å². The number of ether oxygens (including phenoxy) is 4. The van der Waals surface area contributed by atoms with Crippen LogP contribution in [0, 0.1) is 33.3 Å². The Labute approximate surface area is 360 Å². The molecule has 1 heterocycles. The summed E-state index contributed by atoms with van der Waals surface area (Å²) >= 11 is 0. The first-order valence-electron chi connectivity index (χ1n) is 19.6. The molecule has 0 bridgehead atoms. The van der Waals surface area contributed by atoms with Gasteiger partial charge in [0.2, 0.25) is 0 Å². The molecule has 1 aliphatic rings. The van der Waals surface area contributed by atoms with Gasteiger partial charge in [0.05, 0.1) is 45.1 Å². The van der Waals surface area contributed by atoms with Crippen molar-refractivity contribution in [2.75, 3.05) is 61.2 Å². The number of carbonyl (C=O) groups excluding carboxylic acids is 1. The van der Waals surface area contributed by atoms with E-state index in [2.05, 4.69) is 37.3 Å². The van der Waals surface area contributed by atoms with E-state index in [4.69, 9.17) is 44.2 Å². The average molecular weight is 880 g/mol. The van der Waals surface area contributed by atoms with Crippen LogP contribution in [0.4, 0.5) is 0 Å². The minimum atomic E-state index is -2.74. The van der Waals surface area contributed by atoms with E-state index in [-0.39, 0.29) is 29.8 Å². The molecule has 4 atom stereocenters. The van der Waals surface area contributed by atoms with E-state index in [1.165, 1.54) is 7.11 Å². The van der Waals surface area contributed by atoms with Crippen molar-refractivity contribution in [2.45, 2.75) is 82.5 Å². The van der Waals surface area contributed by atoms with Gasteiger partial charge in [-0.05, 0) is 81.4 Å². The van der Waals surface area contributed by atoms with Gasteiger partial charge in [0.15, 0.2) is 17.1 Å². The first-order valence-corrected chi connectivity index (χ1v) is 19.6. The summed E-state index contributed by atoms with van der Waals surface area (Å²) < 4.78 is 22.4. The van der Waals surface area contributed by atoms with Crippen LogP contribution in [-0.4, -0.2) is 144 Å². The van der Waals surface area contributed by atoms with Gasteiger partial charge in [0.25, 0.3) is 11.0 Å². The summed E-state index contributed by atoms with van der Waals surface area (Å²) in [6.07, 6.45) is -0.705. The Morgan fingerprint density at radius 3 is 2.16 bits per heavy atom. The highest BCUT2D eigenvalue weighted by Crippen LogP contribution is 2.40. The SMILES string of the molecule is COCC(=O)NN1CCC(C(C)O[N+](=O)[O-])C(Oc2ccccc2CCN(C)CCCC(C#N)(c2ccc(OC)c(OC)c2)C(C)C)C1.O.O=C(O)CC(O)(CC(=O)O)C(=O)O. The smallest absolute Gasteiger partial charge is 0.336 e. The molecule has 3 rings (SSSR count). The van der Waals surface area contributed by atoms with Crippen LogP contribution in [-0.2, 0) is 40.6 Å². The van der Waals surface area contributed by atoms with Crippen LogP contribution in [0.15, 0.2) is 42.5 Å². The van der Waals surface area contributed by atoms with Crippen molar-refractivity contribution in [2.24, 2.45) is 11.8 Å². The highest BCUT2D eigenvalue weighted by molar-refractivity contribution is 5.88. The molecule has 1 aliphatic heterocycles. The lowest BCUT2D eigenvalue weighted by Crippen LogP contribution is -2.56. The van der Waals surface area contributed by atoms with Gasteiger partial charge < -0.3 is 54.6 Å². The molecule has 21 heteroatoms. The van der Waals surface area contributed by atoms with Crippen LogP contribution in [0.25, 0.3) is 0 Å². The van der Waals surface area contributed by atoms with E-state index in [1.54, 1.807) is 26.2 Å². The normalized spacial score (nSPS) is 16.5. The second-order valence-corrected chi connectivity index (χ2v) is 15.1. The lowest BCUT2D eigenvalue weighted by atomic mass is 9.69. The Balaban J connectivity index is 0.00000118. The van der Waals surface area contributed by atoms with Gasteiger partial charge in [0.1, 0.15) is 24.6 Å². The molecule has 2 aromatic rings. The van der Waals surface area contributed by atoms with E-state index in [0.717, 1.165) is 30.6 Å². The number of likely N-dealkylation sites (N-methyl/N-ethyl adjacent to an activating group) is 1. The van der Waals surface area contributed by atoms with Gasteiger partial charge in [-0.15, -0.1) is 10.1 Å². The molecule has 0 saturated carbocycles. The number of nitriles is 1. The third kappa shape index (κ3) is 16.2. The Morgan fingerprint density at radius 2 is 1.63 bits per heavy atom. The maximum Gasteiger partial charge on any atom is 0.336 e. The van der Waals surface area contributed by atoms with Gasteiger partial charge in [-0.25, -0.2) is 9.80 Å². The van der Waals surface area contributed by atoms with E-state index in [1.807, 2.05) is 42.5 Å². The van der Waals surface area contributed by atoms with Crippen LogP contribution in [0.3, 0.4) is 0 Å². The maximum absolute atomic E-state index is 12.2. The van der Waals surface area contributed by atoms with E-state index >= 15 is 0 Å². The zero-order valence-corrected chi connectivity index (χ0v) is 36.2. The standard InChI is InChI=1S/C35H51N5O8.C6H8O7.H2O/c1-25(2)35(24-36,28-13-14-31(45-6)32(21-28)46-7)17-10-18-38(4)19-15-27-11-8-9-12-30(27)47-33-22-39(37-34(41)23-44-5)20-16-29(33)26(3)48-40(42)43;7-3(8)1-6(13,5(11)12)2-4(9)10;/h8-9,11-14,21,25-26,29,33H,10,15-20,22-23H2,1-7H3,(H,37,41);13H,1-2H2,(H,7,8)(H,9,10)(H,11,12);1H2. The highest BCUT2D eigenvalue weighted by Gasteiger charge is 2.41. The predicted molar refractivity (Wildman–Crippen MR) is 221 cm³/mol. The van der Waals surface area contributed by atoms with Gasteiger partial charge in [-0.1, -0.05) is 38.1 Å². The topological polar surface area (TPSA) is 312 Å². The molecule has 2 aromatic carbocycles. The number of carbonyl (C=O) groups is 4. The number of hydrogen-bond donors (Lipinski definition) is 5. The first kappa shape index (κ1) is 54.2. The largest absolute Gasteiger partial charge is 0.493 e. The van der Waals surface area contributed by atoms with Crippen molar-refractivity contribution in [1.82, 2.24) is 15.3 Å². The number of hydrazine groups is 1. The van der Waals surface area contributed by atoms with Crippen molar-refractivity contribution in [3.63, 3.8) is 0 Å². The molecule has 62 heavy (non-hydrogen) atoms. The Bertz CT molecular complexity index is 1810. The average Bonchev–Trinajstić information content (AvgIpc) is 3.18. The van der Waals surface area contributed by atoms with Gasteiger partial charge in [0, 0.05) is 26.1 Å². The third-order valence-corrected chi connectivity index (χ3v) is 10.5. The molecule has 1 saturated heterocycles. The lowest BCUT2D eigenvalue weighted by molar-refractivity contribution is -0.770. The molecule has 1 amide bonds. The second-order valence-electron chi connectivity index (χ2n) is 15.1. The Kier molecular flexibility index (Phi) is 22.6. The first-order chi connectivity index (χ1) is 28.7. The summed E-state index contributed by atoms with van der Waals surface area (Å²) in [6.45, 7) is 8.13. The fraction of sp³-hybridized carbons (Fsp3) is 0.585. The van der Waals surface area contributed by atoms with Crippen LogP contribution in [0.2, 0.25) is 0 Å². The fourth-order valence-corrected chi connectivity index (χ4v) is 7.13. The minimum absolute atomic E-state index is 0. The van der Waals surface area contributed by atoms with Crippen LogP contribution in [0.5, 0.6) is 17.2 Å². The number of hydrogen-bond acceptors (Lipinski definition) is 15. The van der Waals surface area contributed by atoms with Crippen molar-refractivity contribution < 1.29 is 74.0 Å². The van der Waals surface area contributed by atoms with Gasteiger partial charge in [-0.2, -0.15) is 5.26 Å². The molecule has 0 aromatic heterocycles. The number of carboxylic acid groups (broad SMARTS) is 3. The molecular formula is C41H61N5O16. The lowest BCUT2D eigenvalue weighted by Gasteiger charge is -2.40. The molecule has 346 valence electrons. The number of methoxy groups -OCH3 is 3. The van der Waals surface area contributed by atoms with E-state index in [9.17, 15) is 34.6 Å². The number of carboxylic acids is 3. The highest BCUT2D eigenvalue weighted by atomic mass is 17.0. The summed E-state index contributed by atoms with van der Waals surface area (Å²) in [5.41, 5.74) is 1.34. The number of aliphatic carboxylic acids is 3. The molecule has 21 nitrogen and oxygen atoms in total. The molecular weight excluding hydrogens is 818 g/mol. The molecule has 7 N–H and O–H groups in total.